The molecule has 1 fully saturated rings. The highest BCUT2D eigenvalue weighted by Gasteiger charge is 2.33. The van der Waals surface area contributed by atoms with Gasteiger partial charge in [-0.2, -0.15) is 0 Å². The number of carbonyl (C=O) groups excluding carboxylic acids is 1. The fraction of sp³-hybridized carbons (Fsp3) is 0.421. The zero-order valence-electron chi connectivity index (χ0n) is 13.1. The molecule has 1 aliphatic carbocycles. The summed E-state index contributed by atoms with van der Waals surface area (Å²) in [5, 5.41) is 0. The van der Waals surface area contributed by atoms with Crippen LogP contribution in [0.2, 0.25) is 0 Å². The Bertz CT molecular complexity index is 507. The number of benzene rings is 1. The molecule has 0 radical (unpaired) electrons. The highest BCUT2D eigenvalue weighted by Crippen LogP contribution is 2.35. The SMILES string of the molecule is C=C[C@@H]1CC[C@H](/C=C/COC(C)=O)[C@H]1OCc1ccccc1. The molecule has 0 heterocycles. The number of esters is 1. The van der Waals surface area contributed by atoms with Gasteiger partial charge in [-0.05, 0) is 18.4 Å². The van der Waals surface area contributed by atoms with Crippen molar-refractivity contribution in [1.29, 1.82) is 0 Å². The average Bonchev–Trinajstić information content (AvgIpc) is 2.92. The first-order valence-corrected chi connectivity index (χ1v) is 7.79. The van der Waals surface area contributed by atoms with Crippen molar-refractivity contribution in [3.8, 4) is 0 Å². The first-order chi connectivity index (χ1) is 10.7. The molecule has 0 amide bonds. The molecule has 3 heteroatoms. The van der Waals surface area contributed by atoms with Crippen LogP contribution in [0, 0.1) is 11.8 Å². The van der Waals surface area contributed by atoms with Crippen molar-refractivity contribution in [2.24, 2.45) is 11.8 Å². The van der Waals surface area contributed by atoms with Gasteiger partial charge in [0.1, 0.15) is 6.61 Å². The molecule has 0 unspecified atom stereocenters. The minimum atomic E-state index is -0.253. The number of rotatable bonds is 7. The summed E-state index contributed by atoms with van der Waals surface area (Å²) in [6, 6.07) is 10.2. The standard InChI is InChI=1S/C19H24O3/c1-3-17-11-12-18(10-7-13-21-15(2)20)19(17)22-14-16-8-5-4-6-9-16/h3-10,17-19H,1,11-14H2,2H3/b10-7+/t17-,18+,19+/m1/s1. The van der Waals surface area contributed by atoms with Crippen molar-refractivity contribution in [2.45, 2.75) is 32.5 Å². The van der Waals surface area contributed by atoms with Crippen LogP contribution in [-0.4, -0.2) is 18.7 Å². The van der Waals surface area contributed by atoms with E-state index in [2.05, 4.69) is 24.8 Å². The average molecular weight is 300 g/mol. The molecule has 0 saturated heterocycles. The Balaban J connectivity index is 1.91. The van der Waals surface area contributed by atoms with Gasteiger partial charge in [0.05, 0.1) is 12.7 Å². The summed E-state index contributed by atoms with van der Waals surface area (Å²) in [7, 11) is 0. The molecule has 1 aliphatic rings. The molecule has 118 valence electrons. The van der Waals surface area contributed by atoms with Gasteiger partial charge in [-0.1, -0.05) is 48.6 Å². The maximum absolute atomic E-state index is 10.8. The summed E-state index contributed by atoms with van der Waals surface area (Å²) in [5.41, 5.74) is 1.18. The molecule has 2 rings (SSSR count). The second-order valence-electron chi connectivity index (χ2n) is 5.63. The van der Waals surface area contributed by atoms with Crippen molar-refractivity contribution in [3.05, 3.63) is 60.7 Å². The lowest BCUT2D eigenvalue weighted by Crippen LogP contribution is -2.23. The van der Waals surface area contributed by atoms with Crippen LogP contribution >= 0.6 is 0 Å². The van der Waals surface area contributed by atoms with E-state index in [9.17, 15) is 4.79 Å². The van der Waals surface area contributed by atoms with Crippen molar-refractivity contribution in [1.82, 2.24) is 0 Å². The van der Waals surface area contributed by atoms with E-state index in [0.717, 1.165) is 12.8 Å². The third-order valence-corrected chi connectivity index (χ3v) is 4.03. The van der Waals surface area contributed by atoms with Crippen molar-refractivity contribution < 1.29 is 14.3 Å². The second kappa shape index (κ2) is 8.54. The monoisotopic (exact) mass is 300 g/mol. The zero-order valence-corrected chi connectivity index (χ0v) is 13.1. The smallest absolute Gasteiger partial charge is 0.302 e. The molecular weight excluding hydrogens is 276 g/mol. The first-order valence-electron chi connectivity index (χ1n) is 7.79. The molecular formula is C19H24O3. The van der Waals surface area contributed by atoms with Gasteiger partial charge in [-0.3, -0.25) is 4.79 Å². The van der Waals surface area contributed by atoms with Crippen molar-refractivity contribution >= 4 is 5.97 Å². The van der Waals surface area contributed by atoms with Crippen LogP contribution in [-0.2, 0) is 20.9 Å². The third kappa shape index (κ3) is 4.85. The van der Waals surface area contributed by atoms with Crippen LogP contribution in [0.1, 0.15) is 25.3 Å². The summed E-state index contributed by atoms with van der Waals surface area (Å²) in [6.45, 7) is 6.29. The predicted octanol–water partition coefficient (Wildman–Crippen LogP) is 3.90. The molecule has 0 bridgehead atoms. The van der Waals surface area contributed by atoms with E-state index in [4.69, 9.17) is 9.47 Å². The summed E-state index contributed by atoms with van der Waals surface area (Å²) in [6.07, 6.45) is 8.33. The predicted molar refractivity (Wildman–Crippen MR) is 87.2 cm³/mol. The Labute approximate surface area is 132 Å². The van der Waals surface area contributed by atoms with Crippen LogP contribution < -0.4 is 0 Å². The largest absolute Gasteiger partial charge is 0.462 e. The van der Waals surface area contributed by atoms with Gasteiger partial charge in [-0.15, -0.1) is 6.58 Å². The van der Waals surface area contributed by atoms with E-state index in [1.165, 1.54) is 12.5 Å². The highest BCUT2D eigenvalue weighted by molar-refractivity contribution is 5.65. The molecule has 3 nitrogen and oxygen atoms in total. The van der Waals surface area contributed by atoms with Crippen molar-refractivity contribution in [2.75, 3.05) is 6.61 Å². The lowest BCUT2D eigenvalue weighted by atomic mass is 10.00. The Morgan fingerprint density at radius 1 is 1.27 bits per heavy atom. The maximum Gasteiger partial charge on any atom is 0.302 e. The summed E-state index contributed by atoms with van der Waals surface area (Å²) in [4.78, 5) is 10.8. The molecule has 1 saturated carbocycles. The van der Waals surface area contributed by atoms with E-state index >= 15 is 0 Å². The van der Waals surface area contributed by atoms with E-state index in [1.54, 1.807) is 0 Å². The number of carbonyl (C=O) groups is 1. The zero-order chi connectivity index (χ0) is 15.8. The van der Waals surface area contributed by atoms with E-state index in [1.807, 2.05) is 30.4 Å². The molecule has 0 spiro atoms. The Morgan fingerprint density at radius 2 is 2.00 bits per heavy atom. The van der Waals surface area contributed by atoms with Crippen LogP contribution in [0.4, 0.5) is 0 Å². The maximum atomic E-state index is 10.8. The van der Waals surface area contributed by atoms with Gasteiger partial charge in [-0.25, -0.2) is 0 Å². The highest BCUT2D eigenvalue weighted by atomic mass is 16.5. The molecule has 0 N–H and O–H groups in total. The first kappa shape index (κ1) is 16.5. The molecule has 3 atom stereocenters. The van der Waals surface area contributed by atoms with Gasteiger partial charge in [0.15, 0.2) is 0 Å². The lowest BCUT2D eigenvalue weighted by molar-refractivity contribution is -0.139. The van der Waals surface area contributed by atoms with Crippen molar-refractivity contribution in [3.63, 3.8) is 0 Å². The van der Waals surface area contributed by atoms with Crippen LogP contribution in [0.5, 0.6) is 0 Å². The molecule has 0 aliphatic heterocycles. The molecule has 22 heavy (non-hydrogen) atoms. The number of hydrogen-bond donors (Lipinski definition) is 0. The fourth-order valence-corrected chi connectivity index (χ4v) is 2.90. The Kier molecular flexibility index (Phi) is 6.41. The van der Waals surface area contributed by atoms with E-state index < -0.39 is 0 Å². The molecule has 1 aromatic carbocycles. The Hall–Kier alpha value is -1.87. The van der Waals surface area contributed by atoms with E-state index in [-0.39, 0.29) is 12.1 Å². The van der Waals surface area contributed by atoms with Gasteiger partial charge >= 0.3 is 5.97 Å². The lowest BCUT2D eigenvalue weighted by Gasteiger charge is -2.22. The summed E-state index contributed by atoms with van der Waals surface area (Å²) < 4.78 is 11.1. The molecule has 1 aromatic rings. The fourth-order valence-electron chi connectivity index (χ4n) is 2.90. The van der Waals surface area contributed by atoms with Crippen LogP contribution in [0.3, 0.4) is 0 Å². The number of ether oxygens (including phenoxy) is 2. The van der Waals surface area contributed by atoms with Gasteiger partial charge in [0, 0.05) is 18.8 Å². The Morgan fingerprint density at radius 3 is 2.68 bits per heavy atom. The minimum Gasteiger partial charge on any atom is -0.462 e. The van der Waals surface area contributed by atoms with Gasteiger partial charge < -0.3 is 9.47 Å². The number of hydrogen-bond acceptors (Lipinski definition) is 3. The van der Waals surface area contributed by atoms with Gasteiger partial charge in [0.2, 0.25) is 0 Å². The van der Waals surface area contributed by atoms with Gasteiger partial charge in [0.25, 0.3) is 0 Å². The third-order valence-electron chi connectivity index (χ3n) is 4.03. The topological polar surface area (TPSA) is 35.5 Å². The second-order valence-corrected chi connectivity index (χ2v) is 5.63. The minimum absolute atomic E-state index is 0.145. The van der Waals surface area contributed by atoms with Crippen LogP contribution in [0.25, 0.3) is 0 Å². The summed E-state index contributed by atoms with van der Waals surface area (Å²) >= 11 is 0. The quantitative estimate of drug-likeness (QED) is 0.566. The molecule has 0 aromatic heterocycles. The van der Waals surface area contributed by atoms with E-state index in [0.29, 0.717) is 25.0 Å². The summed E-state index contributed by atoms with van der Waals surface area (Å²) in [5.74, 6) is 0.478. The van der Waals surface area contributed by atoms with Crippen LogP contribution in [0.15, 0.2) is 55.1 Å². The normalized spacial score (nSPS) is 24.5.